The summed E-state index contributed by atoms with van der Waals surface area (Å²) in [5.41, 5.74) is 3.95. The Hall–Kier alpha value is -3.34. The van der Waals surface area contributed by atoms with Crippen LogP contribution >= 0.6 is 0 Å². The number of nitrogens with zero attached hydrogens (tertiary/aromatic N) is 4. The second kappa shape index (κ2) is 5.81. The van der Waals surface area contributed by atoms with Crippen LogP contribution in [0.5, 0.6) is 0 Å². The van der Waals surface area contributed by atoms with Crippen molar-refractivity contribution in [3.63, 3.8) is 0 Å². The van der Waals surface area contributed by atoms with E-state index in [9.17, 15) is 0 Å². The average Bonchev–Trinajstić information content (AvgIpc) is 3.30. The van der Waals surface area contributed by atoms with E-state index < -0.39 is 0 Å². The molecule has 2 heterocycles. The van der Waals surface area contributed by atoms with Crippen LogP contribution in [0.15, 0.2) is 85.5 Å². The smallest absolute Gasteiger partial charge is 0.0880 e. The number of anilines is 2. The summed E-state index contributed by atoms with van der Waals surface area (Å²) >= 11 is 0. The maximum Gasteiger partial charge on any atom is 0.0880 e. The van der Waals surface area contributed by atoms with Crippen LogP contribution in [0.25, 0.3) is 11.4 Å². The summed E-state index contributed by atoms with van der Waals surface area (Å²) in [6, 6.07) is 20.0. The highest BCUT2D eigenvalue weighted by Gasteiger charge is 2.08. The molecule has 5 nitrogen and oxygen atoms in total. The van der Waals surface area contributed by atoms with Crippen LogP contribution in [0.4, 0.5) is 11.4 Å². The highest BCUT2D eigenvalue weighted by molar-refractivity contribution is 5.73. The molecule has 0 aliphatic heterocycles. The average molecular weight is 301 g/mol. The van der Waals surface area contributed by atoms with Crippen LogP contribution in [0.1, 0.15) is 0 Å². The van der Waals surface area contributed by atoms with Crippen molar-refractivity contribution in [1.29, 1.82) is 0 Å². The van der Waals surface area contributed by atoms with Gasteiger partial charge in [-0.25, -0.2) is 9.36 Å². The second-order valence-corrected chi connectivity index (χ2v) is 5.06. The Balaban J connectivity index is 1.76. The van der Waals surface area contributed by atoms with Crippen molar-refractivity contribution in [3.8, 4) is 11.4 Å². The zero-order valence-electron chi connectivity index (χ0n) is 12.4. The Morgan fingerprint density at radius 2 is 1.09 bits per heavy atom. The third-order valence-electron chi connectivity index (χ3n) is 3.58. The van der Waals surface area contributed by atoms with Crippen LogP contribution in [-0.4, -0.2) is 19.6 Å². The highest BCUT2D eigenvalue weighted by atomic mass is 15.3. The summed E-state index contributed by atoms with van der Waals surface area (Å²) in [7, 11) is 0. The maximum atomic E-state index is 4.32. The Labute approximate surface area is 133 Å². The molecule has 4 aromatic rings. The molecule has 0 fully saturated rings. The van der Waals surface area contributed by atoms with Crippen molar-refractivity contribution in [2.45, 2.75) is 0 Å². The molecule has 0 unspecified atom stereocenters. The molecule has 2 aromatic heterocycles. The van der Waals surface area contributed by atoms with Gasteiger partial charge in [-0.3, -0.25) is 0 Å². The van der Waals surface area contributed by atoms with E-state index in [0.29, 0.717) is 0 Å². The van der Waals surface area contributed by atoms with E-state index >= 15 is 0 Å². The zero-order valence-corrected chi connectivity index (χ0v) is 12.4. The van der Waals surface area contributed by atoms with Gasteiger partial charge in [-0.2, -0.15) is 10.2 Å². The fourth-order valence-electron chi connectivity index (χ4n) is 2.53. The van der Waals surface area contributed by atoms with Crippen LogP contribution in [0, 0.1) is 0 Å². The normalized spacial score (nSPS) is 10.6. The predicted molar refractivity (Wildman–Crippen MR) is 90.4 cm³/mol. The first kappa shape index (κ1) is 13.3. The maximum absolute atomic E-state index is 4.32. The number of rotatable bonds is 4. The molecule has 0 aliphatic carbocycles. The molecule has 2 aromatic carbocycles. The third-order valence-corrected chi connectivity index (χ3v) is 3.58. The summed E-state index contributed by atoms with van der Waals surface area (Å²) in [5, 5.41) is 12.1. The van der Waals surface area contributed by atoms with Gasteiger partial charge in [0.25, 0.3) is 0 Å². The van der Waals surface area contributed by atoms with E-state index in [1.54, 1.807) is 12.4 Å². The minimum atomic E-state index is 0.982. The Kier molecular flexibility index (Phi) is 3.37. The zero-order chi connectivity index (χ0) is 15.5. The van der Waals surface area contributed by atoms with Gasteiger partial charge >= 0.3 is 0 Å². The quantitative estimate of drug-likeness (QED) is 0.623. The van der Waals surface area contributed by atoms with E-state index in [1.165, 1.54) is 0 Å². The first-order chi connectivity index (χ1) is 11.4. The molecule has 1 N–H and O–H groups in total. The van der Waals surface area contributed by atoms with Crippen molar-refractivity contribution < 1.29 is 0 Å². The van der Waals surface area contributed by atoms with Crippen LogP contribution in [0.3, 0.4) is 0 Å². The van der Waals surface area contributed by atoms with Crippen molar-refractivity contribution in [2.75, 3.05) is 5.32 Å². The molecular weight excluding hydrogens is 286 g/mol. The number of nitrogens with one attached hydrogen (secondary N) is 1. The molecule has 23 heavy (non-hydrogen) atoms. The molecule has 5 heteroatoms. The molecule has 0 saturated heterocycles. The van der Waals surface area contributed by atoms with E-state index in [1.807, 2.05) is 82.4 Å². The highest BCUT2D eigenvalue weighted by Crippen LogP contribution is 2.27. The monoisotopic (exact) mass is 301 g/mol. The fourth-order valence-corrected chi connectivity index (χ4v) is 2.53. The van der Waals surface area contributed by atoms with Gasteiger partial charge < -0.3 is 5.32 Å². The van der Waals surface area contributed by atoms with Crippen molar-refractivity contribution >= 4 is 11.4 Å². The summed E-state index contributed by atoms with van der Waals surface area (Å²) in [6.07, 6.45) is 7.41. The third kappa shape index (κ3) is 2.60. The van der Waals surface area contributed by atoms with E-state index in [2.05, 4.69) is 15.5 Å². The van der Waals surface area contributed by atoms with Crippen LogP contribution in [-0.2, 0) is 0 Å². The van der Waals surface area contributed by atoms with Crippen molar-refractivity contribution in [3.05, 3.63) is 85.5 Å². The molecule has 0 spiro atoms. The van der Waals surface area contributed by atoms with Gasteiger partial charge in [-0.15, -0.1) is 0 Å². The van der Waals surface area contributed by atoms with Crippen molar-refractivity contribution in [1.82, 2.24) is 19.6 Å². The van der Waals surface area contributed by atoms with E-state index in [0.717, 1.165) is 22.7 Å². The molecule has 0 aliphatic rings. The summed E-state index contributed by atoms with van der Waals surface area (Å²) in [6.45, 7) is 0. The summed E-state index contributed by atoms with van der Waals surface area (Å²) in [4.78, 5) is 0. The Bertz CT molecular complexity index is 819. The minimum Gasteiger partial charge on any atom is -0.352 e. The molecule has 4 rings (SSSR count). The molecule has 0 saturated carbocycles. The molecular formula is C18H15N5. The van der Waals surface area contributed by atoms with Gasteiger partial charge in [0.2, 0.25) is 0 Å². The molecule has 0 amide bonds. The van der Waals surface area contributed by atoms with Gasteiger partial charge in [-0.05, 0) is 36.4 Å². The lowest BCUT2D eigenvalue weighted by molar-refractivity contribution is 0.877. The first-order valence-electron chi connectivity index (χ1n) is 7.37. The lowest BCUT2D eigenvalue weighted by atomic mass is 10.2. The number of hydrogen-bond acceptors (Lipinski definition) is 3. The standard InChI is InChI=1S/C18H15N5/c1-3-9-17(22-13-5-11-19-22)15(7-1)21-16-8-2-4-10-18(16)23-14-6-12-20-23/h1-14,21H. The minimum absolute atomic E-state index is 0.982. The molecule has 0 bridgehead atoms. The molecule has 112 valence electrons. The van der Waals surface area contributed by atoms with Crippen LogP contribution in [0.2, 0.25) is 0 Å². The number of hydrogen-bond donors (Lipinski definition) is 1. The number of aromatic nitrogens is 4. The lowest BCUT2D eigenvalue weighted by Crippen LogP contribution is -2.04. The van der Waals surface area contributed by atoms with Gasteiger partial charge in [0.15, 0.2) is 0 Å². The molecule has 0 atom stereocenters. The fraction of sp³-hybridized carbons (Fsp3) is 0. The predicted octanol–water partition coefficient (Wildman–Crippen LogP) is 3.80. The van der Waals surface area contributed by atoms with Gasteiger partial charge in [0, 0.05) is 24.8 Å². The largest absolute Gasteiger partial charge is 0.352 e. The number of para-hydroxylation sites is 4. The molecule has 0 radical (unpaired) electrons. The van der Waals surface area contributed by atoms with Crippen LogP contribution < -0.4 is 5.32 Å². The van der Waals surface area contributed by atoms with E-state index in [4.69, 9.17) is 0 Å². The summed E-state index contributed by atoms with van der Waals surface area (Å²) < 4.78 is 3.69. The Morgan fingerprint density at radius 1 is 0.609 bits per heavy atom. The second-order valence-electron chi connectivity index (χ2n) is 5.06. The van der Waals surface area contributed by atoms with Gasteiger partial charge in [0.1, 0.15) is 0 Å². The lowest BCUT2D eigenvalue weighted by Gasteiger charge is -2.15. The van der Waals surface area contributed by atoms with Gasteiger partial charge in [0.05, 0.1) is 22.7 Å². The Morgan fingerprint density at radius 3 is 1.52 bits per heavy atom. The van der Waals surface area contributed by atoms with E-state index in [-0.39, 0.29) is 0 Å². The van der Waals surface area contributed by atoms with Crippen molar-refractivity contribution in [2.24, 2.45) is 0 Å². The summed E-state index contributed by atoms with van der Waals surface area (Å²) in [5.74, 6) is 0. The topological polar surface area (TPSA) is 47.7 Å². The first-order valence-corrected chi connectivity index (χ1v) is 7.37. The van der Waals surface area contributed by atoms with Gasteiger partial charge in [-0.1, -0.05) is 24.3 Å². The SMILES string of the molecule is c1ccc(-n2cccn2)c(Nc2ccccc2-n2cccn2)c1. The number of benzene rings is 2.